The number of anilines is 1. The minimum absolute atomic E-state index is 0.934. The SMILES string of the molecule is Cc1ccn2c3c(nc2c1)CCN(c1ccccc1)C3. The van der Waals surface area contributed by atoms with Crippen LogP contribution in [0.4, 0.5) is 5.69 Å². The van der Waals surface area contributed by atoms with Gasteiger partial charge in [-0.3, -0.25) is 0 Å². The van der Waals surface area contributed by atoms with Crippen LogP contribution in [-0.2, 0) is 13.0 Å². The molecule has 0 N–H and O–H groups in total. The second-order valence-electron chi connectivity index (χ2n) is 5.44. The fraction of sp³-hybridized carbons (Fsp3) is 0.235. The predicted molar refractivity (Wildman–Crippen MR) is 81.1 cm³/mol. The molecular formula is C17H17N3. The van der Waals surface area contributed by atoms with Crippen LogP contribution in [0.3, 0.4) is 0 Å². The molecule has 0 amide bonds. The first-order valence-corrected chi connectivity index (χ1v) is 7.08. The molecule has 3 aromatic rings. The van der Waals surface area contributed by atoms with Crippen LogP contribution >= 0.6 is 0 Å². The van der Waals surface area contributed by atoms with Gasteiger partial charge in [-0.25, -0.2) is 4.98 Å². The molecule has 1 aromatic carbocycles. The van der Waals surface area contributed by atoms with Crippen molar-refractivity contribution in [3.8, 4) is 0 Å². The third-order valence-corrected chi connectivity index (χ3v) is 4.04. The van der Waals surface area contributed by atoms with E-state index >= 15 is 0 Å². The fourth-order valence-corrected chi connectivity index (χ4v) is 2.97. The second-order valence-corrected chi connectivity index (χ2v) is 5.44. The van der Waals surface area contributed by atoms with Gasteiger partial charge in [0.05, 0.1) is 17.9 Å². The zero-order chi connectivity index (χ0) is 13.5. The summed E-state index contributed by atoms with van der Waals surface area (Å²) in [5.74, 6) is 0. The molecule has 4 rings (SSSR count). The molecule has 3 nitrogen and oxygen atoms in total. The van der Waals surface area contributed by atoms with E-state index in [9.17, 15) is 0 Å². The molecule has 0 radical (unpaired) electrons. The van der Waals surface area contributed by atoms with Crippen molar-refractivity contribution in [2.75, 3.05) is 11.4 Å². The molecule has 100 valence electrons. The van der Waals surface area contributed by atoms with E-state index < -0.39 is 0 Å². The summed E-state index contributed by atoms with van der Waals surface area (Å²) in [6, 6.07) is 14.9. The molecule has 1 aliphatic rings. The number of aromatic nitrogens is 2. The topological polar surface area (TPSA) is 20.5 Å². The van der Waals surface area contributed by atoms with E-state index in [4.69, 9.17) is 4.98 Å². The summed E-state index contributed by atoms with van der Waals surface area (Å²) in [7, 11) is 0. The molecule has 0 saturated heterocycles. The lowest BCUT2D eigenvalue weighted by molar-refractivity contribution is 0.702. The Morgan fingerprint density at radius 2 is 1.95 bits per heavy atom. The molecule has 0 saturated carbocycles. The summed E-state index contributed by atoms with van der Waals surface area (Å²) in [6.07, 6.45) is 3.16. The number of hydrogen-bond donors (Lipinski definition) is 0. The minimum atomic E-state index is 0.934. The van der Waals surface area contributed by atoms with Gasteiger partial charge in [0.1, 0.15) is 5.65 Å². The van der Waals surface area contributed by atoms with E-state index in [2.05, 4.69) is 64.9 Å². The number of pyridine rings is 1. The van der Waals surface area contributed by atoms with Crippen LogP contribution in [0.15, 0.2) is 48.7 Å². The number of nitrogens with zero attached hydrogens (tertiary/aromatic N) is 3. The van der Waals surface area contributed by atoms with E-state index in [1.54, 1.807) is 0 Å². The number of hydrogen-bond acceptors (Lipinski definition) is 2. The first kappa shape index (κ1) is 11.5. The molecule has 20 heavy (non-hydrogen) atoms. The standard InChI is InChI=1S/C17H17N3/c1-13-7-10-20-16-12-19(14-5-3-2-4-6-14)9-8-15(16)18-17(20)11-13/h2-7,10-11H,8-9,12H2,1H3. The molecule has 0 spiro atoms. The zero-order valence-electron chi connectivity index (χ0n) is 11.6. The number of rotatable bonds is 1. The molecule has 0 fully saturated rings. The Morgan fingerprint density at radius 3 is 2.80 bits per heavy atom. The van der Waals surface area contributed by atoms with Crippen molar-refractivity contribution in [2.45, 2.75) is 19.9 Å². The van der Waals surface area contributed by atoms with Crippen LogP contribution < -0.4 is 4.90 Å². The van der Waals surface area contributed by atoms with Crippen LogP contribution in [0.5, 0.6) is 0 Å². The smallest absolute Gasteiger partial charge is 0.137 e. The summed E-state index contributed by atoms with van der Waals surface area (Å²) < 4.78 is 2.23. The summed E-state index contributed by atoms with van der Waals surface area (Å²) in [4.78, 5) is 7.21. The third kappa shape index (κ3) is 1.78. The first-order valence-electron chi connectivity index (χ1n) is 7.08. The maximum absolute atomic E-state index is 4.78. The quantitative estimate of drug-likeness (QED) is 0.672. The van der Waals surface area contributed by atoms with E-state index in [-0.39, 0.29) is 0 Å². The van der Waals surface area contributed by atoms with Crippen molar-refractivity contribution in [1.82, 2.24) is 9.38 Å². The van der Waals surface area contributed by atoms with Gasteiger partial charge in [-0.1, -0.05) is 18.2 Å². The van der Waals surface area contributed by atoms with Gasteiger partial charge < -0.3 is 9.30 Å². The molecular weight excluding hydrogens is 246 g/mol. The lowest BCUT2D eigenvalue weighted by atomic mass is 10.1. The van der Waals surface area contributed by atoms with Crippen molar-refractivity contribution >= 4 is 11.3 Å². The first-order chi connectivity index (χ1) is 9.81. The van der Waals surface area contributed by atoms with Crippen LogP contribution in [0, 0.1) is 6.92 Å². The largest absolute Gasteiger partial charge is 0.365 e. The lowest BCUT2D eigenvalue weighted by Crippen LogP contribution is -2.30. The summed E-state index contributed by atoms with van der Waals surface area (Å²) in [5, 5.41) is 0. The maximum Gasteiger partial charge on any atom is 0.137 e. The highest BCUT2D eigenvalue weighted by atomic mass is 15.2. The average Bonchev–Trinajstić information content (AvgIpc) is 2.84. The molecule has 3 heterocycles. The molecule has 3 heteroatoms. The van der Waals surface area contributed by atoms with Crippen LogP contribution in [0.2, 0.25) is 0 Å². The minimum Gasteiger partial charge on any atom is -0.365 e. The highest BCUT2D eigenvalue weighted by molar-refractivity contribution is 5.51. The summed E-state index contributed by atoms with van der Waals surface area (Å²) in [5.41, 5.74) is 6.21. The third-order valence-electron chi connectivity index (χ3n) is 4.04. The van der Waals surface area contributed by atoms with E-state index in [1.807, 2.05) is 0 Å². The van der Waals surface area contributed by atoms with E-state index in [0.717, 1.165) is 25.2 Å². The van der Waals surface area contributed by atoms with Crippen LogP contribution in [0.25, 0.3) is 5.65 Å². The van der Waals surface area contributed by atoms with Crippen LogP contribution in [-0.4, -0.2) is 15.9 Å². The predicted octanol–water partition coefficient (Wildman–Crippen LogP) is 3.21. The van der Waals surface area contributed by atoms with Gasteiger partial charge in [0.2, 0.25) is 0 Å². The number of imidazole rings is 1. The van der Waals surface area contributed by atoms with Crippen molar-refractivity contribution in [2.24, 2.45) is 0 Å². The molecule has 0 atom stereocenters. The number of para-hydroxylation sites is 1. The van der Waals surface area contributed by atoms with Gasteiger partial charge in [0, 0.05) is 24.8 Å². The van der Waals surface area contributed by atoms with E-state index in [0.29, 0.717) is 0 Å². The Balaban J connectivity index is 1.77. The van der Waals surface area contributed by atoms with Crippen molar-refractivity contribution in [1.29, 1.82) is 0 Å². The Hall–Kier alpha value is -2.29. The highest BCUT2D eigenvalue weighted by Gasteiger charge is 2.21. The van der Waals surface area contributed by atoms with Gasteiger partial charge in [-0.15, -0.1) is 0 Å². The van der Waals surface area contributed by atoms with Gasteiger partial charge in [-0.05, 0) is 36.8 Å². The monoisotopic (exact) mass is 263 g/mol. The van der Waals surface area contributed by atoms with Gasteiger partial charge in [0.15, 0.2) is 0 Å². The molecule has 0 aliphatic carbocycles. The van der Waals surface area contributed by atoms with Gasteiger partial charge in [-0.2, -0.15) is 0 Å². The number of aryl methyl sites for hydroxylation is 1. The maximum atomic E-state index is 4.78. The summed E-state index contributed by atoms with van der Waals surface area (Å²) in [6.45, 7) is 4.09. The van der Waals surface area contributed by atoms with Crippen molar-refractivity contribution in [3.63, 3.8) is 0 Å². The Morgan fingerprint density at radius 1 is 1.10 bits per heavy atom. The lowest BCUT2D eigenvalue weighted by Gasteiger charge is -2.28. The molecule has 2 aromatic heterocycles. The van der Waals surface area contributed by atoms with Crippen molar-refractivity contribution in [3.05, 3.63) is 65.6 Å². The van der Waals surface area contributed by atoms with E-state index in [1.165, 1.54) is 22.6 Å². The van der Waals surface area contributed by atoms with Crippen LogP contribution in [0.1, 0.15) is 17.0 Å². The second kappa shape index (κ2) is 4.37. The normalized spacial score (nSPS) is 14.6. The number of fused-ring (bicyclic) bond motifs is 3. The average molecular weight is 263 g/mol. The zero-order valence-corrected chi connectivity index (χ0v) is 11.6. The fourth-order valence-electron chi connectivity index (χ4n) is 2.97. The van der Waals surface area contributed by atoms with Gasteiger partial charge in [0.25, 0.3) is 0 Å². The summed E-state index contributed by atoms with van der Waals surface area (Å²) >= 11 is 0. The number of benzene rings is 1. The van der Waals surface area contributed by atoms with Crippen molar-refractivity contribution < 1.29 is 0 Å². The molecule has 0 bridgehead atoms. The van der Waals surface area contributed by atoms with Gasteiger partial charge >= 0.3 is 0 Å². The Labute approximate surface area is 118 Å². The Kier molecular flexibility index (Phi) is 2.52. The molecule has 0 unspecified atom stereocenters. The highest BCUT2D eigenvalue weighted by Crippen LogP contribution is 2.25. The Bertz CT molecular complexity index is 759. The molecule has 1 aliphatic heterocycles.